The number of thioether (sulfide) groups is 1. The molecule has 0 aromatic heterocycles. The summed E-state index contributed by atoms with van der Waals surface area (Å²) in [6, 6.07) is -0.620. The summed E-state index contributed by atoms with van der Waals surface area (Å²) in [7, 11) is 0. The highest BCUT2D eigenvalue weighted by atomic mass is 32.2. The fourth-order valence-electron chi connectivity index (χ4n) is 0.852. The summed E-state index contributed by atoms with van der Waals surface area (Å²) in [5.74, 6) is 1.04. The van der Waals surface area contributed by atoms with Crippen molar-refractivity contribution in [3.05, 3.63) is 0 Å². The maximum absolute atomic E-state index is 10.5. The van der Waals surface area contributed by atoms with Gasteiger partial charge in [-0.05, 0) is 12.2 Å². The van der Waals surface area contributed by atoms with E-state index in [4.69, 9.17) is 10.8 Å². The number of hydrogen-bond acceptors (Lipinski definition) is 4. The van der Waals surface area contributed by atoms with Crippen LogP contribution in [0.25, 0.3) is 0 Å². The molecule has 0 fully saturated rings. The van der Waals surface area contributed by atoms with Gasteiger partial charge in [-0.1, -0.05) is 0 Å². The molecular weight excluding hydrogens is 164 g/mol. The van der Waals surface area contributed by atoms with Gasteiger partial charge in [0.2, 0.25) is 0 Å². The lowest BCUT2D eigenvalue weighted by molar-refractivity contribution is -0.138. The molecule has 0 aromatic carbocycles. The first kappa shape index (κ1) is 8.39. The number of carbonyl (C=O) groups is 1. The van der Waals surface area contributed by atoms with Crippen molar-refractivity contribution in [1.29, 1.82) is 0 Å². The Morgan fingerprint density at radius 2 is 2.55 bits per heavy atom. The van der Waals surface area contributed by atoms with E-state index in [1.807, 2.05) is 0 Å². The SMILES string of the molecule is NC1=NC(C(=O)O)CCSC1. The van der Waals surface area contributed by atoms with E-state index in [0.29, 0.717) is 18.0 Å². The molecule has 1 rings (SSSR count). The van der Waals surface area contributed by atoms with E-state index in [-0.39, 0.29) is 0 Å². The molecule has 0 bridgehead atoms. The van der Waals surface area contributed by atoms with Gasteiger partial charge in [0.05, 0.1) is 5.75 Å². The van der Waals surface area contributed by atoms with Crippen LogP contribution >= 0.6 is 11.8 Å². The molecule has 1 aliphatic heterocycles. The molecule has 0 aromatic rings. The zero-order chi connectivity index (χ0) is 8.27. The van der Waals surface area contributed by atoms with Crippen LogP contribution in [-0.2, 0) is 4.79 Å². The third kappa shape index (κ3) is 2.42. The first-order chi connectivity index (χ1) is 5.20. The Balaban J connectivity index is 2.64. The van der Waals surface area contributed by atoms with Gasteiger partial charge in [-0.15, -0.1) is 0 Å². The lowest BCUT2D eigenvalue weighted by Gasteiger charge is -2.02. The van der Waals surface area contributed by atoms with Crippen molar-refractivity contribution in [2.45, 2.75) is 12.5 Å². The highest BCUT2D eigenvalue weighted by Gasteiger charge is 2.18. The second kappa shape index (κ2) is 3.61. The molecule has 1 aliphatic rings. The summed E-state index contributed by atoms with van der Waals surface area (Å²) in [5, 5.41) is 8.61. The Labute approximate surface area is 68.9 Å². The number of aliphatic imine (C=N–C) groups is 1. The molecule has 0 aliphatic carbocycles. The monoisotopic (exact) mass is 174 g/mol. The molecule has 1 atom stereocenters. The minimum atomic E-state index is -0.879. The van der Waals surface area contributed by atoms with Crippen LogP contribution in [0.2, 0.25) is 0 Å². The second-order valence-corrected chi connectivity index (χ2v) is 3.42. The average molecular weight is 174 g/mol. The number of rotatable bonds is 1. The molecule has 3 N–H and O–H groups in total. The number of carboxylic acid groups (broad SMARTS) is 1. The molecule has 0 amide bonds. The second-order valence-electron chi connectivity index (χ2n) is 2.32. The van der Waals surface area contributed by atoms with Gasteiger partial charge >= 0.3 is 5.97 Å². The van der Waals surface area contributed by atoms with Crippen molar-refractivity contribution in [2.24, 2.45) is 10.7 Å². The van der Waals surface area contributed by atoms with E-state index >= 15 is 0 Å². The van der Waals surface area contributed by atoms with Crippen molar-refractivity contribution in [3.63, 3.8) is 0 Å². The van der Waals surface area contributed by atoms with Crippen LogP contribution < -0.4 is 5.73 Å². The molecular formula is C6H10N2O2S. The zero-order valence-corrected chi connectivity index (χ0v) is 6.80. The van der Waals surface area contributed by atoms with E-state index in [9.17, 15) is 4.79 Å². The van der Waals surface area contributed by atoms with Crippen molar-refractivity contribution < 1.29 is 9.90 Å². The van der Waals surface area contributed by atoms with Crippen LogP contribution in [0.1, 0.15) is 6.42 Å². The van der Waals surface area contributed by atoms with Crippen LogP contribution in [0.15, 0.2) is 4.99 Å². The lowest BCUT2D eigenvalue weighted by Crippen LogP contribution is -2.22. The van der Waals surface area contributed by atoms with E-state index in [1.165, 1.54) is 0 Å². The lowest BCUT2D eigenvalue weighted by atomic mass is 10.2. The summed E-state index contributed by atoms with van der Waals surface area (Å²) >= 11 is 1.63. The van der Waals surface area contributed by atoms with E-state index < -0.39 is 12.0 Å². The predicted octanol–water partition coefficient (Wildman–Crippen LogP) is -0.0663. The van der Waals surface area contributed by atoms with Gasteiger partial charge in [-0.3, -0.25) is 4.99 Å². The van der Waals surface area contributed by atoms with Gasteiger partial charge in [0, 0.05) is 0 Å². The van der Waals surface area contributed by atoms with Gasteiger partial charge in [-0.25, -0.2) is 4.79 Å². The largest absolute Gasteiger partial charge is 0.480 e. The predicted molar refractivity (Wildman–Crippen MR) is 45.0 cm³/mol. The molecule has 62 valence electrons. The van der Waals surface area contributed by atoms with Gasteiger partial charge in [-0.2, -0.15) is 11.8 Å². The number of aliphatic carboxylic acids is 1. The Morgan fingerprint density at radius 3 is 3.18 bits per heavy atom. The topological polar surface area (TPSA) is 75.7 Å². The van der Waals surface area contributed by atoms with Gasteiger partial charge in [0.15, 0.2) is 0 Å². The molecule has 4 nitrogen and oxygen atoms in total. The quantitative estimate of drug-likeness (QED) is 0.583. The smallest absolute Gasteiger partial charge is 0.328 e. The fourth-order valence-corrected chi connectivity index (χ4v) is 1.67. The normalized spacial score (nSPS) is 25.5. The first-order valence-electron chi connectivity index (χ1n) is 3.33. The van der Waals surface area contributed by atoms with Crippen LogP contribution in [0, 0.1) is 0 Å². The standard InChI is InChI=1S/C6H10N2O2S/c7-5-3-11-2-1-4(8-5)6(9)10/h4H,1-3H2,(H2,7,8)(H,9,10). The maximum Gasteiger partial charge on any atom is 0.328 e. The number of amidine groups is 1. The highest BCUT2D eigenvalue weighted by molar-refractivity contribution is 7.99. The Hall–Kier alpha value is -0.710. The number of nitrogens with zero attached hydrogens (tertiary/aromatic N) is 1. The molecule has 11 heavy (non-hydrogen) atoms. The van der Waals surface area contributed by atoms with Gasteiger partial charge in [0.1, 0.15) is 11.9 Å². The van der Waals surface area contributed by atoms with Crippen molar-refractivity contribution in [2.75, 3.05) is 11.5 Å². The van der Waals surface area contributed by atoms with E-state index in [2.05, 4.69) is 4.99 Å². The maximum atomic E-state index is 10.5. The third-order valence-corrected chi connectivity index (χ3v) is 2.42. The molecule has 0 saturated carbocycles. The minimum Gasteiger partial charge on any atom is -0.480 e. The van der Waals surface area contributed by atoms with Crippen molar-refractivity contribution >= 4 is 23.6 Å². The zero-order valence-electron chi connectivity index (χ0n) is 5.99. The third-order valence-electron chi connectivity index (χ3n) is 1.39. The van der Waals surface area contributed by atoms with Crippen LogP contribution in [-0.4, -0.2) is 34.5 Å². The molecule has 5 heteroatoms. The van der Waals surface area contributed by atoms with Gasteiger partial charge < -0.3 is 10.8 Å². The Bertz CT molecular complexity index is 193. The van der Waals surface area contributed by atoms with Crippen LogP contribution in [0.5, 0.6) is 0 Å². The number of carboxylic acids is 1. The highest BCUT2D eigenvalue weighted by Crippen LogP contribution is 2.11. The molecule has 0 radical (unpaired) electrons. The number of hydrogen-bond donors (Lipinski definition) is 2. The van der Waals surface area contributed by atoms with E-state index in [0.717, 1.165) is 5.75 Å². The summed E-state index contributed by atoms with van der Waals surface area (Å²) in [5.41, 5.74) is 5.43. The van der Waals surface area contributed by atoms with Crippen molar-refractivity contribution in [3.8, 4) is 0 Å². The molecule has 1 heterocycles. The Kier molecular flexibility index (Phi) is 2.76. The summed E-state index contributed by atoms with van der Waals surface area (Å²) in [6.07, 6.45) is 0.584. The summed E-state index contributed by atoms with van der Waals surface area (Å²) < 4.78 is 0. The molecule has 1 unspecified atom stereocenters. The Morgan fingerprint density at radius 1 is 1.82 bits per heavy atom. The summed E-state index contributed by atoms with van der Waals surface area (Å²) in [4.78, 5) is 14.3. The van der Waals surface area contributed by atoms with E-state index in [1.54, 1.807) is 11.8 Å². The average Bonchev–Trinajstić information content (AvgIpc) is 2.13. The fraction of sp³-hybridized carbons (Fsp3) is 0.667. The number of nitrogens with two attached hydrogens (primary N) is 1. The summed E-state index contributed by atoms with van der Waals surface area (Å²) in [6.45, 7) is 0. The molecule has 0 spiro atoms. The molecule has 0 saturated heterocycles. The van der Waals surface area contributed by atoms with Crippen molar-refractivity contribution in [1.82, 2.24) is 0 Å². The van der Waals surface area contributed by atoms with Crippen LogP contribution in [0.3, 0.4) is 0 Å². The van der Waals surface area contributed by atoms with Gasteiger partial charge in [0.25, 0.3) is 0 Å². The minimum absolute atomic E-state index is 0.444. The van der Waals surface area contributed by atoms with Crippen LogP contribution in [0.4, 0.5) is 0 Å². The first-order valence-corrected chi connectivity index (χ1v) is 4.48.